The molecular formula is C28H33NO8. The highest BCUT2D eigenvalue weighted by Crippen LogP contribution is 2.48. The van der Waals surface area contributed by atoms with Crippen molar-refractivity contribution >= 4 is 12.1 Å². The van der Waals surface area contributed by atoms with Gasteiger partial charge in [-0.25, -0.2) is 9.59 Å². The Hall–Kier alpha value is -2.98. The molecule has 1 amide bonds. The Labute approximate surface area is 216 Å². The van der Waals surface area contributed by atoms with Crippen LogP contribution in [-0.4, -0.2) is 68.3 Å². The molecule has 2 aliphatic carbocycles. The van der Waals surface area contributed by atoms with Gasteiger partial charge in [-0.3, -0.25) is 0 Å². The molecule has 2 aromatic rings. The van der Waals surface area contributed by atoms with Gasteiger partial charge in [0.15, 0.2) is 0 Å². The summed E-state index contributed by atoms with van der Waals surface area (Å²) in [7, 11) is 3.09. The number of amides is 1. The second kappa shape index (κ2) is 10.4. The van der Waals surface area contributed by atoms with Crippen molar-refractivity contribution < 1.29 is 38.4 Å². The van der Waals surface area contributed by atoms with Gasteiger partial charge in [-0.15, -0.1) is 0 Å². The number of carboxylic acids is 1. The molecule has 9 nitrogen and oxygen atoms in total. The molecule has 0 radical (unpaired) electrons. The molecule has 1 aliphatic heterocycles. The number of carboxylic acid groups (broad SMARTS) is 1. The summed E-state index contributed by atoms with van der Waals surface area (Å²) in [5.41, 5.74) is 4.40. The van der Waals surface area contributed by atoms with E-state index in [4.69, 9.17) is 23.7 Å². The van der Waals surface area contributed by atoms with Crippen LogP contribution in [0.25, 0.3) is 11.1 Å². The summed E-state index contributed by atoms with van der Waals surface area (Å²) >= 11 is 0. The highest BCUT2D eigenvalue weighted by atomic mass is 16.8. The van der Waals surface area contributed by atoms with Crippen molar-refractivity contribution in [2.24, 2.45) is 0 Å². The van der Waals surface area contributed by atoms with Crippen LogP contribution >= 0.6 is 0 Å². The van der Waals surface area contributed by atoms with E-state index in [9.17, 15) is 14.7 Å². The Balaban J connectivity index is 1.22. The molecule has 1 saturated carbocycles. The summed E-state index contributed by atoms with van der Waals surface area (Å²) in [5.74, 6) is -3.46. The zero-order valence-corrected chi connectivity index (χ0v) is 21.1. The average Bonchev–Trinajstić information content (AvgIpc) is 3.25. The third-order valence-corrected chi connectivity index (χ3v) is 7.79. The first-order chi connectivity index (χ1) is 17.9. The average molecular weight is 512 g/mol. The Morgan fingerprint density at radius 2 is 1.59 bits per heavy atom. The second-order valence-electron chi connectivity index (χ2n) is 9.77. The quantitative estimate of drug-likeness (QED) is 0.546. The number of benzene rings is 2. The number of fused-ring (bicyclic) bond motifs is 4. The molecule has 0 bridgehead atoms. The number of methoxy groups -OCH3 is 2. The van der Waals surface area contributed by atoms with E-state index in [1.807, 2.05) is 36.4 Å². The van der Waals surface area contributed by atoms with E-state index < -0.39 is 35.8 Å². The number of hydrogen-bond donors (Lipinski definition) is 2. The molecule has 0 spiro atoms. The third-order valence-electron chi connectivity index (χ3n) is 7.79. The monoisotopic (exact) mass is 511 g/mol. The summed E-state index contributed by atoms with van der Waals surface area (Å²) in [6, 6.07) is 14.8. The molecule has 3 aliphatic rings. The van der Waals surface area contributed by atoms with E-state index in [1.54, 1.807) is 7.11 Å². The van der Waals surface area contributed by atoms with Crippen molar-refractivity contribution in [2.75, 3.05) is 27.4 Å². The fourth-order valence-electron chi connectivity index (χ4n) is 5.96. The van der Waals surface area contributed by atoms with Gasteiger partial charge in [-0.2, -0.15) is 0 Å². The van der Waals surface area contributed by atoms with Crippen molar-refractivity contribution in [1.82, 2.24) is 5.32 Å². The highest BCUT2D eigenvalue weighted by Gasteiger charge is 2.60. The first-order valence-electron chi connectivity index (χ1n) is 12.7. The van der Waals surface area contributed by atoms with E-state index in [2.05, 4.69) is 17.4 Å². The molecule has 1 saturated heterocycles. The van der Waals surface area contributed by atoms with Gasteiger partial charge in [0.2, 0.25) is 11.6 Å². The standard InChI is InChI=1S/C28H33NO8/c1-33-27-13-7-8-14-28(27,34-2)37-18(16-36-27)15-24(25(30)31)29-26(32)35-17-23-21-11-5-3-9-19(21)20-10-4-6-12-22(20)23/h3-6,9-12,18,23-24H,7-8,13-17H2,1-2H3,(H,29,32)(H,30,31). The molecule has 5 rings (SSSR count). The number of hydrogen-bond acceptors (Lipinski definition) is 7. The molecular weight excluding hydrogens is 478 g/mol. The van der Waals surface area contributed by atoms with Crippen LogP contribution in [0.1, 0.15) is 49.1 Å². The number of aliphatic carboxylic acids is 1. The van der Waals surface area contributed by atoms with Crippen molar-refractivity contribution in [3.63, 3.8) is 0 Å². The predicted molar refractivity (Wildman–Crippen MR) is 133 cm³/mol. The van der Waals surface area contributed by atoms with Gasteiger partial charge in [-0.05, 0) is 35.1 Å². The molecule has 0 aromatic heterocycles. The Bertz CT molecular complexity index is 1110. The minimum Gasteiger partial charge on any atom is -0.480 e. The fraction of sp³-hybridized carbons (Fsp3) is 0.500. The topological polar surface area (TPSA) is 113 Å². The maximum Gasteiger partial charge on any atom is 0.407 e. The van der Waals surface area contributed by atoms with E-state index in [1.165, 1.54) is 7.11 Å². The van der Waals surface area contributed by atoms with Crippen molar-refractivity contribution in [2.45, 2.75) is 61.7 Å². The number of rotatable bonds is 8. The summed E-state index contributed by atoms with van der Waals surface area (Å²) < 4.78 is 29.3. The Morgan fingerprint density at radius 1 is 1.00 bits per heavy atom. The van der Waals surface area contributed by atoms with Gasteiger partial charge in [0, 0.05) is 39.4 Å². The van der Waals surface area contributed by atoms with Gasteiger partial charge in [0.25, 0.3) is 0 Å². The molecule has 4 atom stereocenters. The second-order valence-corrected chi connectivity index (χ2v) is 9.77. The fourth-order valence-corrected chi connectivity index (χ4v) is 5.96. The summed E-state index contributed by atoms with van der Waals surface area (Å²) in [5, 5.41) is 12.3. The van der Waals surface area contributed by atoms with E-state index >= 15 is 0 Å². The minimum atomic E-state index is -1.23. The molecule has 4 unspecified atom stereocenters. The van der Waals surface area contributed by atoms with Crippen molar-refractivity contribution in [1.29, 1.82) is 0 Å². The van der Waals surface area contributed by atoms with Crippen LogP contribution in [0.15, 0.2) is 48.5 Å². The summed E-state index contributed by atoms with van der Waals surface area (Å²) in [6.45, 7) is 0.216. The van der Waals surface area contributed by atoms with Gasteiger partial charge in [0.05, 0.1) is 12.7 Å². The molecule has 198 valence electrons. The van der Waals surface area contributed by atoms with Crippen LogP contribution < -0.4 is 5.32 Å². The maximum absolute atomic E-state index is 12.7. The normalized spacial score (nSPS) is 27.5. The minimum absolute atomic E-state index is 0.00949. The molecule has 1 heterocycles. The largest absolute Gasteiger partial charge is 0.480 e. The summed E-state index contributed by atoms with van der Waals surface area (Å²) in [6.07, 6.45) is 1.54. The number of carbonyl (C=O) groups is 2. The van der Waals surface area contributed by atoms with E-state index in [0.717, 1.165) is 35.1 Å². The van der Waals surface area contributed by atoms with Crippen LogP contribution in [-0.2, 0) is 28.5 Å². The SMILES string of the molecule is COC12CCCCC1(OC)OC(CC(NC(=O)OCC1c3ccccc3-c3ccccc31)C(=O)O)CO2. The molecule has 2 N–H and O–H groups in total. The van der Waals surface area contributed by atoms with E-state index in [0.29, 0.717) is 12.8 Å². The van der Waals surface area contributed by atoms with Gasteiger partial charge in [-0.1, -0.05) is 48.5 Å². The maximum atomic E-state index is 12.7. The molecule has 9 heteroatoms. The lowest BCUT2D eigenvalue weighted by Crippen LogP contribution is -2.67. The van der Waals surface area contributed by atoms with Gasteiger partial charge in [0.1, 0.15) is 12.6 Å². The molecule has 37 heavy (non-hydrogen) atoms. The van der Waals surface area contributed by atoms with E-state index in [-0.39, 0.29) is 25.6 Å². The van der Waals surface area contributed by atoms with Crippen molar-refractivity contribution in [3.05, 3.63) is 59.7 Å². The smallest absolute Gasteiger partial charge is 0.407 e. The first-order valence-corrected chi connectivity index (χ1v) is 12.7. The number of carbonyl (C=O) groups excluding carboxylic acids is 1. The number of ether oxygens (including phenoxy) is 5. The predicted octanol–water partition coefficient (Wildman–Crippen LogP) is 4.04. The zero-order valence-electron chi connectivity index (χ0n) is 21.1. The van der Waals surface area contributed by atoms with Crippen molar-refractivity contribution in [3.8, 4) is 11.1 Å². The first kappa shape index (κ1) is 25.7. The molecule has 2 aromatic carbocycles. The summed E-state index contributed by atoms with van der Waals surface area (Å²) in [4.78, 5) is 24.7. The number of alkyl carbamates (subject to hydrolysis) is 1. The molecule has 2 fully saturated rings. The van der Waals surface area contributed by atoms with Crippen LogP contribution in [0, 0.1) is 0 Å². The Kier molecular flexibility index (Phi) is 7.22. The van der Waals surface area contributed by atoms with Crippen LogP contribution in [0.5, 0.6) is 0 Å². The highest BCUT2D eigenvalue weighted by molar-refractivity contribution is 5.81. The van der Waals surface area contributed by atoms with Crippen LogP contribution in [0.4, 0.5) is 4.79 Å². The number of nitrogens with one attached hydrogen (secondary N) is 1. The lowest BCUT2D eigenvalue weighted by atomic mass is 9.86. The lowest BCUT2D eigenvalue weighted by Gasteiger charge is -2.54. The van der Waals surface area contributed by atoms with Crippen LogP contribution in [0.3, 0.4) is 0 Å². The van der Waals surface area contributed by atoms with Gasteiger partial charge >= 0.3 is 12.1 Å². The lowest BCUT2D eigenvalue weighted by molar-refractivity contribution is -0.454. The van der Waals surface area contributed by atoms with Crippen LogP contribution in [0.2, 0.25) is 0 Å². The Morgan fingerprint density at radius 3 is 2.19 bits per heavy atom. The third kappa shape index (κ3) is 4.61. The zero-order chi connectivity index (χ0) is 26.0. The van der Waals surface area contributed by atoms with Gasteiger partial charge < -0.3 is 34.1 Å².